The molecule has 1 unspecified atom stereocenters. The lowest BCUT2D eigenvalue weighted by Crippen LogP contribution is -2.37. The highest BCUT2D eigenvalue weighted by atomic mass is 32.2. The van der Waals surface area contributed by atoms with Crippen molar-refractivity contribution in [2.75, 3.05) is 0 Å². The van der Waals surface area contributed by atoms with Gasteiger partial charge in [-0.25, -0.2) is 0 Å². The second-order valence-electron chi connectivity index (χ2n) is 8.35. The minimum Gasteiger partial charge on any atom is -0.352 e. The second-order valence-corrected chi connectivity index (χ2v) is 9.65. The smallest absolute Gasteiger partial charge is 0.233 e. The fraction of sp³-hybridized carbons (Fsp3) is 0.417. The largest absolute Gasteiger partial charge is 0.352 e. The van der Waals surface area contributed by atoms with Crippen LogP contribution >= 0.6 is 11.8 Å². The van der Waals surface area contributed by atoms with Gasteiger partial charge in [-0.1, -0.05) is 56.7 Å². The number of hydrogen-bond acceptors (Lipinski definition) is 5. The van der Waals surface area contributed by atoms with Crippen LogP contribution in [0.4, 0.5) is 0 Å². The van der Waals surface area contributed by atoms with E-state index in [1.165, 1.54) is 30.2 Å². The Bertz CT molecular complexity index is 1030. The third kappa shape index (κ3) is 4.82. The minimum absolute atomic E-state index is 0.0616. The topological polar surface area (TPSA) is 72.7 Å². The molecule has 31 heavy (non-hydrogen) atoms. The fourth-order valence-electron chi connectivity index (χ4n) is 4.03. The molecule has 0 bridgehead atoms. The number of para-hydroxylation sites is 1. The van der Waals surface area contributed by atoms with Crippen molar-refractivity contribution in [1.82, 2.24) is 25.1 Å². The SMILES string of the molecule is CC(Sc1nnc(-c2cccnc2)n1-c1ccccc1C(C)C)C(=O)NC1CCCC1. The van der Waals surface area contributed by atoms with E-state index in [0.717, 1.165) is 29.9 Å². The Labute approximate surface area is 187 Å². The van der Waals surface area contributed by atoms with Crippen molar-refractivity contribution in [3.05, 3.63) is 54.4 Å². The van der Waals surface area contributed by atoms with Crippen molar-refractivity contribution in [2.24, 2.45) is 0 Å². The average Bonchev–Trinajstić information content (AvgIpc) is 3.44. The Morgan fingerprint density at radius 2 is 1.87 bits per heavy atom. The average molecular weight is 436 g/mol. The summed E-state index contributed by atoms with van der Waals surface area (Å²) >= 11 is 1.45. The number of benzene rings is 1. The summed E-state index contributed by atoms with van der Waals surface area (Å²) in [4.78, 5) is 17.1. The van der Waals surface area contributed by atoms with E-state index in [0.29, 0.717) is 17.1 Å². The number of hydrogen-bond donors (Lipinski definition) is 1. The van der Waals surface area contributed by atoms with Crippen molar-refractivity contribution in [3.8, 4) is 17.1 Å². The molecule has 162 valence electrons. The van der Waals surface area contributed by atoms with Gasteiger partial charge < -0.3 is 5.32 Å². The molecule has 1 fully saturated rings. The summed E-state index contributed by atoms with van der Waals surface area (Å²) in [5.41, 5.74) is 3.13. The molecular formula is C24H29N5OS. The number of nitrogens with zero attached hydrogens (tertiary/aromatic N) is 4. The van der Waals surface area contributed by atoms with E-state index in [1.807, 2.05) is 25.1 Å². The molecule has 1 N–H and O–H groups in total. The van der Waals surface area contributed by atoms with Gasteiger partial charge in [0.15, 0.2) is 11.0 Å². The summed E-state index contributed by atoms with van der Waals surface area (Å²) in [7, 11) is 0. The van der Waals surface area contributed by atoms with Crippen molar-refractivity contribution < 1.29 is 4.79 Å². The third-order valence-corrected chi connectivity index (χ3v) is 6.75. The molecule has 0 radical (unpaired) electrons. The molecule has 1 aliphatic carbocycles. The summed E-state index contributed by atoms with van der Waals surface area (Å²) in [5.74, 6) is 1.12. The summed E-state index contributed by atoms with van der Waals surface area (Å²) in [5, 5.41) is 12.6. The first-order valence-electron chi connectivity index (χ1n) is 11.0. The zero-order valence-corrected chi connectivity index (χ0v) is 19.1. The van der Waals surface area contributed by atoms with Gasteiger partial charge in [-0.05, 0) is 49.4 Å². The number of carbonyl (C=O) groups is 1. The lowest BCUT2D eigenvalue weighted by molar-refractivity contribution is -0.120. The van der Waals surface area contributed by atoms with Crippen LogP contribution in [0.25, 0.3) is 17.1 Å². The highest BCUT2D eigenvalue weighted by molar-refractivity contribution is 8.00. The molecule has 1 amide bonds. The monoisotopic (exact) mass is 435 g/mol. The number of carbonyl (C=O) groups excluding carboxylic acids is 1. The molecule has 1 aromatic carbocycles. The number of aromatic nitrogens is 4. The van der Waals surface area contributed by atoms with Gasteiger partial charge in [0.25, 0.3) is 0 Å². The predicted molar refractivity (Wildman–Crippen MR) is 124 cm³/mol. The van der Waals surface area contributed by atoms with E-state index in [2.05, 4.69) is 57.1 Å². The second kappa shape index (κ2) is 9.64. The van der Waals surface area contributed by atoms with E-state index < -0.39 is 0 Å². The van der Waals surface area contributed by atoms with Gasteiger partial charge in [0.1, 0.15) is 0 Å². The predicted octanol–water partition coefficient (Wildman–Crippen LogP) is 4.99. The van der Waals surface area contributed by atoms with Crippen LogP contribution in [0.15, 0.2) is 53.9 Å². The molecule has 4 rings (SSSR count). The normalized spacial score (nSPS) is 15.4. The van der Waals surface area contributed by atoms with Gasteiger partial charge in [0, 0.05) is 24.0 Å². The van der Waals surface area contributed by atoms with Gasteiger partial charge in [0.2, 0.25) is 5.91 Å². The maximum absolute atomic E-state index is 12.8. The third-order valence-electron chi connectivity index (χ3n) is 5.71. The molecule has 1 aliphatic rings. The van der Waals surface area contributed by atoms with Crippen LogP contribution in [0.5, 0.6) is 0 Å². The molecule has 2 heterocycles. The number of rotatable bonds is 7. The van der Waals surface area contributed by atoms with Crippen LogP contribution in [0.2, 0.25) is 0 Å². The van der Waals surface area contributed by atoms with E-state index in [4.69, 9.17) is 0 Å². The Morgan fingerprint density at radius 3 is 2.58 bits per heavy atom. The van der Waals surface area contributed by atoms with Gasteiger partial charge in [-0.2, -0.15) is 0 Å². The van der Waals surface area contributed by atoms with Crippen LogP contribution in [0.3, 0.4) is 0 Å². The quantitative estimate of drug-likeness (QED) is 0.529. The van der Waals surface area contributed by atoms with Crippen LogP contribution in [-0.2, 0) is 4.79 Å². The van der Waals surface area contributed by atoms with Crippen molar-refractivity contribution in [2.45, 2.75) is 68.8 Å². The van der Waals surface area contributed by atoms with E-state index >= 15 is 0 Å². The van der Waals surface area contributed by atoms with Crippen molar-refractivity contribution in [1.29, 1.82) is 0 Å². The molecular weight excluding hydrogens is 406 g/mol. The summed E-state index contributed by atoms with van der Waals surface area (Å²) in [6.45, 7) is 6.29. The van der Waals surface area contributed by atoms with E-state index in [1.54, 1.807) is 12.4 Å². The van der Waals surface area contributed by atoms with Crippen LogP contribution in [-0.4, -0.2) is 36.9 Å². The fourth-order valence-corrected chi connectivity index (χ4v) is 4.89. The van der Waals surface area contributed by atoms with E-state index in [9.17, 15) is 4.79 Å². The molecule has 3 aromatic rings. The van der Waals surface area contributed by atoms with Crippen LogP contribution in [0.1, 0.15) is 57.9 Å². The zero-order chi connectivity index (χ0) is 21.8. The molecule has 0 saturated heterocycles. The number of thioether (sulfide) groups is 1. The lowest BCUT2D eigenvalue weighted by atomic mass is 10.0. The highest BCUT2D eigenvalue weighted by Gasteiger charge is 2.25. The molecule has 6 nitrogen and oxygen atoms in total. The Balaban J connectivity index is 1.70. The van der Waals surface area contributed by atoms with Crippen molar-refractivity contribution in [3.63, 3.8) is 0 Å². The standard InChI is InChI=1S/C24H29N5OS/c1-16(2)20-12-6-7-13-21(20)29-22(18-9-8-14-25-15-18)27-28-24(29)31-17(3)23(30)26-19-10-4-5-11-19/h6-9,12-17,19H,4-5,10-11H2,1-3H3,(H,26,30). The maximum atomic E-state index is 12.8. The summed E-state index contributed by atoms with van der Waals surface area (Å²) in [6.07, 6.45) is 8.08. The number of nitrogens with one attached hydrogen (secondary N) is 1. The molecule has 1 atom stereocenters. The Morgan fingerprint density at radius 1 is 1.10 bits per heavy atom. The first-order valence-corrected chi connectivity index (χ1v) is 11.8. The lowest BCUT2D eigenvalue weighted by Gasteiger charge is -2.19. The molecule has 2 aromatic heterocycles. The molecule has 7 heteroatoms. The molecule has 0 spiro atoms. The van der Waals surface area contributed by atoms with Crippen molar-refractivity contribution >= 4 is 17.7 Å². The minimum atomic E-state index is -0.267. The Hall–Kier alpha value is -2.67. The zero-order valence-electron chi connectivity index (χ0n) is 18.3. The Kier molecular flexibility index (Phi) is 6.70. The van der Waals surface area contributed by atoms with Gasteiger partial charge in [0.05, 0.1) is 10.9 Å². The van der Waals surface area contributed by atoms with Crippen LogP contribution in [0, 0.1) is 0 Å². The van der Waals surface area contributed by atoms with Gasteiger partial charge >= 0.3 is 0 Å². The van der Waals surface area contributed by atoms with Crippen LogP contribution < -0.4 is 5.32 Å². The number of pyridine rings is 1. The number of amides is 1. The summed E-state index contributed by atoms with van der Waals surface area (Å²) < 4.78 is 2.07. The highest BCUT2D eigenvalue weighted by Crippen LogP contribution is 2.33. The first kappa shape index (κ1) is 21.6. The molecule has 1 saturated carbocycles. The maximum Gasteiger partial charge on any atom is 0.233 e. The first-order chi connectivity index (χ1) is 15.0. The van der Waals surface area contributed by atoms with Gasteiger partial charge in [-0.3, -0.25) is 14.3 Å². The van der Waals surface area contributed by atoms with Gasteiger partial charge in [-0.15, -0.1) is 10.2 Å². The molecule has 0 aliphatic heterocycles. The van der Waals surface area contributed by atoms with E-state index in [-0.39, 0.29) is 11.2 Å². The summed E-state index contributed by atoms with van der Waals surface area (Å²) in [6, 6.07) is 12.5.